The first-order chi connectivity index (χ1) is 15.7. The number of hydrogen-bond donors (Lipinski definition) is 1. The van der Waals surface area contributed by atoms with Crippen molar-refractivity contribution in [3.63, 3.8) is 0 Å². The second-order valence-electron chi connectivity index (χ2n) is 7.55. The van der Waals surface area contributed by atoms with Crippen molar-refractivity contribution >= 4 is 23.0 Å². The maximum Gasteiger partial charge on any atom is 0.243 e. The van der Waals surface area contributed by atoms with Gasteiger partial charge in [-0.3, -0.25) is 4.79 Å². The van der Waals surface area contributed by atoms with E-state index in [1.54, 1.807) is 13.2 Å². The third-order valence-corrected chi connectivity index (χ3v) is 5.36. The highest BCUT2D eigenvalue weighted by Crippen LogP contribution is 2.23. The molecular weight excluding hydrogens is 398 g/mol. The van der Waals surface area contributed by atoms with Crippen molar-refractivity contribution in [1.82, 2.24) is 14.9 Å². The van der Waals surface area contributed by atoms with Crippen LogP contribution in [0.4, 0.5) is 0 Å². The molecule has 0 aliphatic heterocycles. The molecule has 0 aliphatic carbocycles. The first kappa shape index (κ1) is 21.4. The van der Waals surface area contributed by atoms with Crippen LogP contribution in [0.25, 0.3) is 17.1 Å². The lowest BCUT2D eigenvalue weighted by atomic mass is 10.2. The molecule has 5 heteroatoms. The van der Waals surface area contributed by atoms with Crippen LogP contribution in [0.2, 0.25) is 0 Å². The van der Waals surface area contributed by atoms with Crippen LogP contribution in [-0.2, 0) is 17.8 Å². The number of methoxy groups -OCH3 is 1. The van der Waals surface area contributed by atoms with Crippen molar-refractivity contribution in [2.24, 2.45) is 0 Å². The Hall–Kier alpha value is -3.86. The number of para-hydroxylation sites is 3. The number of carbonyl (C=O) groups is 1. The molecule has 32 heavy (non-hydrogen) atoms. The van der Waals surface area contributed by atoms with Crippen LogP contribution < -0.4 is 10.1 Å². The Morgan fingerprint density at radius 2 is 1.75 bits per heavy atom. The molecule has 0 saturated carbocycles. The summed E-state index contributed by atoms with van der Waals surface area (Å²) in [7, 11) is 1.70. The van der Waals surface area contributed by atoms with E-state index in [4.69, 9.17) is 9.72 Å². The molecule has 1 N–H and O–H groups in total. The summed E-state index contributed by atoms with van der Waals surface area (Å²) in [5.41, 5.74) is 4.20. The van der Waals surface area contributed by atoms with Crippen molar-refractivity contribution in [2.45, 2.75) is 19.4 Å². The third kappa shape index (κ3) is 5.24. The van der Waals surface area contributed by atoms with Gasteiger partial charge in [-0.2, -0.15) is 0 Å². The number of aryl methyl sites for hydroxylation is 1. The van der Waals surface area contributed by atoms with Gasteiger partial charge in [0.1, 0.15) is 11.6 Å². The van der Waals surface area contributed by atoms with E-state index in [1.165, 1.54) is 0 Å². The number of imidazole rings is 1. The average Bonchev–Trinajstić information content (AvgIpc) is 3.18. The van der Waals surface area contributed by atoms with Gasteiger partial charge in [-0.05, 0) is 36.3 Å². The lowest BCUT2D eigenvalue weighted by Gasteiger charge is -2.12. The number of hydrogen-bond acceptors (Lipinski definition) is 3. The maximum absolute atomic E-state index is 12.1. The molecule has 0 aliphatic rings. The summed E-state index contributed by atoms with van der Waals surface area (Å²) >= 11 is 0. The molecule has 3 aromatic carbocycles. The van der Waals surface area contributed by atoms with Crippen molar-refractivity contribution in [3.8, 4) is 5.75 Å². The van der Waals surface area contributed by atoms with Gasteiger partial charge < -0.3 is 14.6 Å². The lowest BCUT2D eigenvalue weighted by Crippen LogP contribution is -2.22. The minimum absolute atomic E-state index is 0.0867. The number of carbonyl (C=O) groups excluding carboxylic acids is 1. The molecule has 0 bridgehead atoms. The zero-order valence-electron chi connectivity index (χ0n) is 18.2. The molecule has 1 heterocycles. The highest BCUT2D eigenvalue weighted by Gasteiger charge is 2.12. The number of ether oxygens (including phenoxy) is 1. The fraction of sp³-hybridized carbons (Fsp3) is 0.185. The van der Waals surface area contributed by atoms with Gasteiger partial charge >= 0.3 is 0 Å². The number of nitrogens with one attached hydrogen (secondary N) is 1. The van der Waals surface area contributed by atoms with E-state index in [0.29, 0.717) is 13.1 Å². The van der Waals surface area contributed by atoms with Crippen LogP contribution in [0.5, 0.6) is 5.75 Å². The molecular formula is C27H27N3O2. The fourth-order valence-corrected chi connectivity index (χ4v) is 3.75. The SMILES string of the molecule is COc1ccccc1Cn1c(CCCNC(=O)/C=C\c2ccccc2)nc2ccccc21. The second-order valence-corrected chi connectivity index (χ2v) is 7.55. The van der Waals surface area contributed by atoms with Gasteiger partial charge in [0.25, 0.3) is 0 Å². The van der Waals surface area contributed by atoms with Crippen LogP contribution in [0, 0.1) is 0 Å². The van der Waals surface area contributed by atoms with Crippen molar-refractivity contribution in [1.29, 1.82) is 0 Å². The molecule has 0 fully saturated rings. The molecule has 0 spiro atoms. The number of aromatic nitrogens is 2. The van der Waals surface area contributed by atoms with Gasteiger partial charge in [-0.15, -0.1) is 0 Å². The van der Waals surface area contributed by atoms with Crippen LogP contribution in [-0.4, -0.2) is 29.1 Å². The predicted octanol–water partition coefficient (Wildman–Crippen LogP) is 4.86. The quantitative estimate of drug-likeness (QED) is 0.308. The third-order valence-electron chi connectivity index (χ3n) is 5.36. The Labute approximate surface area is 188 Å². The molecule has 0 atom stereocenters. The van der Waals surface area contributed by atoms with Gasteiger partial charge in [0.2, 0.25) is 5.91 Å². The molecule has 1 aromatic heterocycles. The van der Waals surface area contributed by atoms with Crippen LogP contribution >= 0.6 is 0 Å². The number of rotatable bonds is 9. The van der Waals surface area contributed by atoms with E-state index in [1.807, 2.05) is 72.8 Å². The highest BCUT2D eigenvalue weighted by atomic mass is 16.5. The first-order valence-corrected chi connectivity index (χ1v) is 10.8. The Kier molecular flexibility index (Phi) is 6.98. The summed E-state index contributed by atoms with van der Waals surface area (Å²) in [6, 6.07) is 26.0. The van der Waals surface area contributed by atoms with E-state index in [9.17, 15) is 4.79 Å². The van der Waals surface area contributed by atoms with Crippen LogP contribution in [0.15, 0.2) is 84.9 Å². The number of fused-ring (bicyclic) bond motifs is 1. The summed E-state index contributed by atoms with van der Waals surface area (Å²) in [4.78, 5) is 17.0. The zero-order chi connectivity index (χ0) is 22.2. The monoisotopic (exact) mass is 425 g/mol. The van der Waals surface area contributed by atoms with Crippen molar-refractivity contribution in [3.05, 3.63) is 102 Å². The number of nitrogens with zero attached hydrogens (tertiary/aromatic N) is 2. The van der Waals surface area contributed by atoms with Crippen molar-refractivity contribution in [2.75, 3.05) is 13.7 Å². The van der Waals surface area contributed by atoms with Crippen molar-refractivity contribution < 1.29 is 9.53 Å². The predicted molar refractivity (Wildman–Crippen MR) is 129 cm³/mol. The zero-order valence-corrected chi connectivity index (χ0v) is 18.2. The van der Waals surface area contributed by atoms with Gasteiger partial charge in [-0.25, -0.2) is 4.98 Å². The maximum atomic E-state index is 12.1. The molecule has 4 aromatic rings. The summed E-state index contributed by atoms with van der Waals surface area (Å²) in [5.74, 6) is 1.79. The molecule has 4 rings (SSSR count). The summed E-state index contributed by atoms with van der Waals surface area (Å²) < 4.78 is 7.78. The standard InChI is InChI=1S/C27H27N3O2/c1-32-25-15-8-5-12-22(25)20-30-24-14-7-6-13-23(24)29-26(30)16-9-19-28-27(31)18-17-21-10-3-2-4-11-21/h2-8,10-15,17-18H,9,16,19-20H2,1H3,(H,28,31)/b18-17-. The highest BCUT2D eigenvalue weighted by molar-refractivity contribution is 5.91. The minimum atomic E-state index is -0.0867. The smallest absolute Gasteiger partial charge is 0.243 e. The Balaban J connectivity index is 1.41. The molecule has 0 radical (unpaired) electrons. The normalized spacial score (nSPS) is 11.2. The molecule has 162 valence electrons. The second kappa shape index (κ2) is 10.4. The van der Waals surface area contributed by atoms with Crippen LogP contribution in [0.3, 0.4) is 0 Å². The van der Waals surface area contributed by atoms with Gasteiger partial charge in [0.05, 0.1) is 24.7 Å². The lowest BCUT2D eigenvalue weighted by molar-refractivity contribution is -0.116. The Morgan fingerprint density at radius 1 is 1.00 bits per heavy atom. The Morgan fingerprint density at radius 3 is 2.59 bits per heavy atom. The average molecular weight is 426 g/mol. The number of benzene rings is 3. The van der Waals surface area contributed by atoms with Gasteiger partial charge in [-0.1, -0.05) is 60.7 Å². The van der Waals surface area contributed by atoms with Gasteiger partial charge in [0.15, 0.2) is 0 Å². The van der Waals surface area contributed by atoms with E-state index in [-0.39, 0.29) is 5.91 Å². The van der Waals surface area contributed by atoms with Gasteiger partial charge in [0, 0.05) is 24.6 Å². The van der Waals surface area contributed by atoms with Crippen LogP contribution in [0.1, 0.15) is 23.4 Å². The van der Waals surface area contributed by atoms with E-state index < -0.39 is 0 Å². The van der Waals surface area contributed by atoms with E-state index in [2.05, 4.69) is 22.0 Å². The minimum Gasteiger partial charge on any atom is -0.496 e. The molecule has 1 amide bonds. The summed E-state index contributed by atoms with van der Waals surface area (Å²) in [6.07, 6.45) is 4.97. The van der Waals surface area contributed by atoms with E-state index in [0.717, 1.165) is 46.6 Å². The first-order valence-electron chi connectivity index (χ1n) is 10.8. The number of amides is 1. The molecule has 0 unspecified atom stereocenters. The molecule has 0 saturated heterocycles. The Bertz CT molecular complexity index is 1210. The molecule has 5 nitrogen and oxygen atoms in total. The summed E-state index contributed by atoms with van der Waals surface area (Å²) in [5, 5.41) is 2.96. The van der Waals surface area contributed by atoms with E-state index >= 15 is 0 Å². The fourth-order valence-electron chi connectivity index (χ4n) is 3.75. The largest absolute Gasteiger partial charge is 0.496 e. The summed E-state index contributed by atoms with van der Waals surface area (Å²) in [6.45, 7) is 1.28. The topological polar surface area (TPSA) is 56.1 Å².